The molecule has 1 unspecified atom stereocenters. The molecule has 0 radical (unpaired) electrons. The first kappa shape index (κ1) is 27.4. The largest absolute Gasteiger partial charge is 0.353 e. The van der Waals surface area contributed by atoms with Crippen molar-refractivity contribution in [1.29, 1.82) is 0 Å². The van der Waals surface area contributed by atoms with Crippen LogP contribution in [0.4, 0.5) is 10.5 Å². The van der Waals surface area contributed by atoms with Crippen LogP contribution in [0.2, 0.25) is 5.02 Å². The quantitative estimate of drug-likeness (QED) is 0.330. The van der Waals surface area contributed by atoms with Gasteiger partial charge >= 0.3 is 6.03 Å². The van der Waals surface area contributed by atoms with Gasteiger partial charge in [0.15, 0.2) is 0 Å². The van der Waals surface area contributed by atoms with Crippen LogP contribution >= 0.6 is 11.6 Å². The fourth-order valence-corrected chi connectivity index (χ4v) is 4.87. The minimum absolute atomic E-state index is 0.0316. The Morgan fingerprint density at radius 3 is 2.45 bits per heavy atom. The number of amides is 6. The molecule has 2 aliphatic heterocycles. The lowest BCUT2D eigenvalue weighted by Gasteiger charge is -2.21. The lowest BCUT2D eigenvalue weighted by atomic mass is 9.93. The zero-order valence-corrected chi connectivity index (χ0v) is 22.1. The van der Waals surface area contributed by atoms with Gasteiger partial charge in [-0.1, -0.05) is 11.6 Å². The zero-order valence-electron chi connectivity index (χ0n) is 21.4. The van der Waals surface area contributed by atoms with Gasteiger partial charge in [0.2, 0.25) is 17.6 Å². The van der Waals surface area contributed by atoms with Gasteiger partial charge in [0.25, 0.3) is 11.8 Å². The summed E-state index contributed by atoms with van der Waals surface area (Å²) < 4.78 is 0. The van der Waals surface area contributed by atoms with Gasteiger partial charge in [0.05, 0.1) is 23.8 Å². The highest BCUT2D eigenvalue weighted by atomic mass is 35.5. The molecule has 1 saturated carbocycles. The Kier molecular flexibility index (Phi) is 7.91. The molecule has 13 heteroatoms. The summed E-state index contributed by atoms with van der Waals surface area (Å²) in [5, 5.41) is 10.9. The van der Waals surface area contributed by atoms with E-state index >= 15 is 0 Å². The molecule has 204 valence electrons. The predicted molar refractivity (Wildman–Crippen MR) is 137 cm³/mol. The van der Waals surface area contributed by atoms with Crippen molar-refractivity contribution in [3.8, 4) is 0 Å². The maximum Gasteiger partial charge on any atom is 0.320 e. The number of carbonyl (C=O) groups excluding carboxylic acids is 6. The first-order chi connectivity index (χ1) is 17.9. The smallest absolute Gasteiger partial charge is 0.320 e. The Balaban J connectivity index is 1.53. The monoisotopic (exact) mass is 546 g/mol. The van der Waals surface area contributed by atoms with Crippen LogP contribution in [-0.4, -0.2) is 90.1 Å². The predicted octanol–water partition coefficient (Wildman–Crippen LogP) is 0.505. The number of nitrogens with one attached hydrogen (secondary N) is 4. The van der Waals surface area contributed by atoms with Crippen molar-refractivity contribution in [3.63, 3.8) is 0 Å². The molecule has 1 aliphatic carbocycles. The second-order valence-corrected chi connectivity index (χ2v) is 10.6. The second kappa shape index (κ2) is 11.0. The molecule has 12 nitrogen and oxygen atoms in total. The summed E-state index contributed by atoms with van der Waals surface area (Å²) in [5.74, 6) is -3.72. The van der Waals surface area contributed by atoms with E-state index in [4.69, 9.17) is 11.6 Å². The molecule has 3 aliphatic rings. The van der Waals surface area contributed by atoms with E-state index in [1.165, 1.54) is 35.0 Å². The van der Waals surface area contributed by atoms with E-state index in [1.807, 2.05) is 6.92 Å². The van der Waals surface area contributed by atoms with Gasteiger partial charge in [-0.05, 0) is 50.8 Å². The van der Waals surface area contributed by atoms with Gasteiger partial charge in [-0.3, -0.25) is 24.0 Å². The fourth-order valence-electron chi connectivity index (χ4n) is 4.70. The summed E-state index contributed by atoms with van der Waals surface area (Å²) in [7, 11) is 3.09. The number of rotatable bonds is 9. The third-order valence-electron chi connectivity index (χ3n) is 7.01. The van der Waals surface area contributed by atoms with Crippen molar-refractivity contribution in [3.05, 3.63) is 28.8 Å². The average Bonchev–Trinajstić information content (AvgIpc) is 3.57. The first-order valence-corrected chi connectivity index (χ1v) is 12.9. The molecule has 38 heavy (non-hydrogen) atoms. The summed E-state index contributed by atoms with van der Waals surface area (Å²) in [6, 6.07) is 1.76. The van der Waals surface area contributed by atoms with Crippen LogP contribution in [0.1, 0.15) is 43.0 Å². The van der Waals surface area contributed by atoms with Crippen molar-refractivity contribution >= 4 is 52.7 Å². The lowest BCUT2D eigenvalue weighted by Crippen LogP contribution is -2.49. The Labute approximate surface area is 224 Å². The third kappa shape index (κ3) is 6.07. The van der Waals surface area contributed by atoms with Gasteiger partial charge in [0, 0.05) is 37.1 Å². The van der Waals surface area contributed by atoms with E-state index in [2.05, 4.69) is 21.3 Å². The number of carbonyl (C=O) groups is 6. The molecule has 4 rings (SSSR count). The van der Waals surface area contributed by atoms with Crippen LogP contribution in [0.25, 0.3) is 0 Å². The number of anilines is 1. The highest BCUT2D eigenvalue weighted by molar-refractivity contribution is 6.38. The highest BCUT2D eigenvalue weighted by Gasteiger charge is 2.39. The average molecular weight is 547 g/mol. The SMILES string of the molecule is C[C@@H]1C[C@@H](C[C@H](NC(=O)c2cc(Cl)ccc2NC(=O)C2CN(C)C(=O)N2C)C(=O)C(=O)NC2CC2)C(=O)N1. The van der Waals surface area contributed by atoms with Crippen molar-refractivity contribution in [2.24, 2.45) is 5.92 Å². The number of Topliss-reactive ketones (excluding diaryl/α,β-unsaturated/α-hetero) is 1. The molecule has 4 atom stereocenters. The van der Waals surface area contributed by atoms with E-state index in [-0.39, 0.29) is 53.3 Å². The Morgan fingerprint density at radius 1 is 1.16 bits per heavy atom. The molecule has 1 aromatic rings. The molecule has 0 spiro atoms. The van der Waals surface area contributed by atoms with Crippen molar-refractivity contribution in [2.45, 2.75) is 56.8 Å². The molecule has 0 bridgehead atoms. The molecule has 1 aromatic carbocycles. The van der Waals surface area contributed by atoms with E-state index in [9.17, 15) is 28.8 Å². The Morgan fingerprint density at radius 2 is 1.87 bits per heavy atom. The van der Waals surface area contributed by atoms with Gasteiger partial charge < -0.3 is 31.1 Å². The number of hydrogen-bond donors (Lipinski definition) is 4. The number of urea groups is 1. The normalized spacial score (nSPS) is 23.6. The van der Waals surface area contributed by atoms with Gasteiger partial charge in [-0.25, -0.2) is 4.79 Å². The van der Waals surface area contributed by atoms with Gasteiger partial charge in [-0.15, -0.1) is 0 Å². The summed E-state index contributed by atoms with van der Waals surface area (Å²) in [4.78, 5) is 79.1. The second-order valence-electron chi connectivity index (χ2n) is 10.2. The summed E-state index contributed by atoms with van der Waals surface area (Å²) in [5.41, 5.74) is 0.0870. The molecule has 3 fully saturated rings. The fraction of sp³-hybridized carbons (Fsp3) is 0.520. The van der Waals surface area contributed by atoms with E-state index in [0.29, 0.717) is 6.42 Å². The number of ketones is 1. The van der Waals surface area contributed by atoms with Crippen molar-refractivity contribution < 1.29 is 28.8 Å². The number of halogens is 1. The van der Waals surface area contributed by atoms with E-state index < -0.39 is 41.5 Å². The molecule has 2 heterocycles. The van der Waals surface area contributed by atoms with Crippen molar-refractivity contribution in [2.75, 3.05) is 26.0 Å². The number of nitrogens with zero attached hydrogens (tertiary/aromatic N) is 2. The van der Waals surface area contributed by atoms with E-state index in [0.717, 1.165) is 12.8 Å². The van der Waals surface area contributed by atoms with Gasteiger partial charge in [0.1, 0.15) is 6.04 Å². The van der Waals surface area contributed by atoms with Crippen LogP contribution in [0.15, 0.2) is 18.2 Å². The molecule has 6 amide bonds. The number of likely N-dealkylation sites (N-methyl/N-ethyl adjacent to an activating group) is 2. The Hall–Kier alpha value is -3.67. The molecule has 4 N–H and O–H groups in total. The van der Waals surface area contributed by atoms with Crippen LogP contribution in [0, 0.1) is 5.92 Å². The van der Waals surface area contributed by atoms with E-state index in [1.54, 1.807) is 7.05 Å². The summed E-state index contributed by atoms with van der Waals surface area (Å²) >= 11 is 6.14. The standard InChI is InChI=1S/C25H31ClN6O6/c1-12-8-13(21(34)27-12)9-18(20(33)24(37)28-15-5-6-15)30-22(35)16-10-14(26)4-7-17(16)29-23(36)19-11-31(2)25(38)32(19)3/h4,7,10,12-13,15,18-19H,5-6,8-9,11H2,1-3H3,(H,27,34)(H,28,37)(H,29,36)(H,30,35)/t12-,13+,18+,19?/m1/s1. The maximum absolute atomic E-state index is 13.4. The molecular formula is C25H31ClN6O6. The molecular weight excluding hydrogens is 516 g/mol. The first-order valence-electron chi connectivity index (χ1n) is 12.5. The van der Waals surface area contributed by atoms with Crippen LogP contribution in [0.5, 0.6) is 0 Å². The number of hydrogen-bond acceptors (Lipinski definition) is 6. The maximum atomic E-state index is 13.4. The molecule has 0 aromatic heterocycles. The lowest BCUT2D eigenvalue weighted by molar-refractivity contribution is -0.139. The van der Waals surface area contributed by atoms with Gasteiger partial charge in [-0.2, -0.15) is 0 Å². The topological polar surface area (TPSA) is 157 Å². The Bertz CT molecular complexity index is 1190. The zero-order chi connectivity index (χ0) is 27.7. The van der Waals surface area contributed by atoms with Crippen LogP contribution < -0.4 is 21.3 Å². The van der Waals surface area contributed by atoms with Crippen molar-refractivity contribution in [1.82, 2.24) is 25.8 Å². The highest BCUT2D eigenvalue weighted by Crippen LogP contribution is 2.25. The molecule has 2 saturated heterocycles. The van der Waals surface area contributed by atoms with Crippen LogP contribution in [-0.2, 0) is 19.2 Å². The third-order valence-corrected chi connectivity index (χ3v) is 7.24. The summed E-state index contributed by atoms with van der Waals surface area (Å²) in [6.45, 7) is 2.01. The number of benzene rings is 1. The minimum atomic E-state index is -1.27. The van der Waals surface area contributed by atoms with Crippen LogP contribution in [0.3, 0.4) is 0 Å². The minimum Gasteiger partial charge on any atom is -0.353 e. The summed E-state index contributed by atoms with van der Waals surface area (Å²) in [6.07, 6.45) is 1.97.